The Labute approximate surface area is 280 Å². The van der Waals surface area contributed by atoms with Crippen LogP contribution in [-0.2, 0) is 16.1 Å². The maximum atomic E-state index is 13.8. The number of carbonyl (C=O) groups excluding carboxylic acids is 2. The van der Waals surface area contributed by atoms with E-state index in [9.17, 15) is 14.7 Å². The van der Waals surface area contributed by atoms with E-state index in [0.717, 1.165) is 69.7 Å². The van der Waals surface area contributed by atoms with Gasteiger partial charge in [-0.05, 0) is 81.1 Å². The van der Waals surface area contributed by atoms with Crippen LogP contribution in [0.25, 0.3) is 0 Å². The van der Waals surface area contributed by atoms with Gasteiger partial charge < -0.3 is 14.7 Å². The maximum absolute atomic E-state index is 13.8. The second-order valence-electron chi connectivity index (χ2n) is 13.2. The molecule has 3 aromatic rings. The van der Waals surface area contributed by atoms with Crippen LogP contribution in [0.2, 0.25) is 0 Å². The van der Waals surface area contributed by atoms with Crippen LogP contribution in [0.4, 0.5) is 0 Å². The second kappa shape index (κ2) is 16.9. The second-order valence-corrected chi connectivity index (χ2v) is 13.2. The molecule has 2 aliphatic rings. The number of hydrogen-bond acceptors (Lipinski definition) is 7. The average molecular weight is 641 g/mol. The van der Waals surface area contributed by atoms with Gasteiger partial charge in [0.25, 0.3) is 5.91 Å². The first-order chi connectivity index (χ1) is 22.8. The molecule has 0 radical (unpaired) electrons. The van der Waals surface area contributed by atoms with Crippen LogP contribution in [0.3, 0.4) is 0 Å². The summed E-state index contributed by atoms with van der Waals surface area (Å²) in [5, 5.41) is 10.5. The molecule has 2 aliphatic heterocycles. The molecular formula is C39H52N4O4. The molecule has 3 atom stereocenters. The van der Waals surface area contributed by atoms with E-state index in [-0.39, 0.29) is 29.7 Å². The standard InChI is InChI=1S/C39H52N4O4/c1-4-47-37(45)19-9-6-10-20-40-21-23-41(24-22-40)39(46)35-17-11-15-33(25-35)38(34-16-12-18-36(44)26-34)43-28-30(2)42(27-31(43)3)29-32-13-7-5-8-14-32/h5,7-8,11-18,25-26,30-31,38,44H,4,6,9-10,19-24,27-29H2,1-3H3/t30-,31-,38?/m1/s1. The molecule has 1 N–H and O–H groups in total. The normalized spacial score (nSPS) is 20.2. The molecule has 1 unspecified atom stereocenters. The van der Waals surface area contributed by atoms with E-state index in [1.54, 1.807) is 6.07 Å². The highest BCUT2D eigenvalue weighted by molar-refractivity contribution is 5.94. The molecule has 3 aromatic carbocycles. The molecule has 0 bridgehead atoms. The van der Waals surface area contributed by atoms with Gasteiger partial charge in [-0.2, -0.15) is 0 Å². The maximum Gasteiger partial charge on any atom is 0.305 e. The average Bonchev–Trinajstić information content (AvgIpc) is 3.07. The Morgan fingerprint density at radius 1 is 0.830 bits per heavy atom. The Kier molecular flexibility index (Phi) is 12.4. The summed E-state index contributed by atoms with van der Waals surface area (Å²) in [4.78, 5) is 34.9. The Morgan fingerprint density at radius 2 is 1.55 bits per heavy atom. The van der Waals surface area contributed by atoms with Gasteiger partial charge in [0.15, 0.2) is 0 Å². The fourth-order valence-corrected chi connectivity index (χ4v) is 7.11. The zero-order valence-corrected chi connectivity index (χ0v) is 28.4. The van der Waals surface area contributed by atoms with Crippen molar-refractivity contribution < 1.29 is 19.4 Å². The highest BCUT2D eigenvalue weighted by Crippen LogP contribution is 2.35. The van der Waals surface area contributed by atoms with E-state index >= 15 is 0 Å². The lowest BCUT2D eigenvalue weighted by Gasteiger charge is -2.47. The summed E-state index contributed by atoms with van der Waals surface area (Å²) in [6.07, 6.45) is 3.40. The van der Waals surface area contributed by atoms with Gasteiger partial charge in [0.05, 0.1) is 12.6 Å². The predicted octanol–water partition coefficient (Wildman–Crippen LogP) is 5.96. The van der Waals surface area contributed by atoms with Crippen molar-refractivity contribution in [1.82, 2.24) is 19.6 Å². The number of nitrogens with zero attached hydrogens (tertiary/aromatic N) is 4. The summed E-state index contributed by atoms with van der Waals surface area (Å²) < 4.78 is 5.02. The zero-order chi connectivity index (χ0) is 33.2. The number of unbranched alkanes of at least 4 members (excludes halogenated alkanes) is 2. The number of esters is 1. The Bertz CT molecular complexity index is 1440. The molecule has 8 heteroatoms. The number of rotatable bonds is 13. The summed E-state index contributed by atoms with van der Waals surface area (Å²) >= 11 is 0. The minimum absolute atomic E-state index is 0.0738. The Morgan fingerprint density at radius 3 is 2.28 bits per heavy atom. The molecule has 0 saturated carbocycles. The minimum Gasteiger partial charge on any atom is -0.508 e. The molecule has 5 rings (SSSR count). The van der Waals surface area contributed by atoms with Crippen molar-refractivity contribution in [3.8, 4) is 5.75 Å². The van der Waals surface area contributed by atoms with Crippen molar-refractivity contribution in [1.29, 1.82) is 0 Å². The molecule has 252 valence electrons. The van der Waals surface area contributed by atoms with Gasteiger partial charge in [0, 0.05) is 69.9 Å². The van der Waals surface area contributed by atoms with Crippen LogP contribution < -0.4 is 0 Å². The highest BCUT2D eigenvalue weighted by atomic mass is 16.5. The monoisotopic (exact) mass is 640 g/mol. The van der Waals surface area contributed by atoms with Crippen molar-refractivity contribution in [2.24, 2.45) is 0 Å². The van der Waals surface area contributed by atoms with E-state index in [4.69, 9.17) is 4.74 Å². The number of hydrogen-bond donors (Lipinski definition) is 1. The van der Waals surface area contributed by atoms with E-state index in [2.05, 4.69) is 77.1 Å². The molecule has 47 heavy (non-hydrogen) atoms. The van der Waals surface area contributed by atoms with Crippen LogP contribution in [-0.4, -0.2) is 101 Å². The van der Waals surface area contributed by atoms with Gasteiger partial charge >= 0.3 is 5.97 Å². The van der Waals surface area contributed by atoms with Crippen molar-refractivity contribution >= 4 is 11.9 Å². The van der Waals surface area contributed by atoms with Gasteiger partial charge in [-0.25, -0.2) is 0 Å². The molecule has 2 saturated heterocycles. The molecule has 2 heterocycles. The number of phenols is 1. The van der Waals surface area contributed by atoms with Crippen LogP contribution in [0.15, 0.2) is 78.9 Å². The number of ether oxygens (including phenoxy) is 1. The molecule has 1 amide bonds. The predicted molar refractivity (Wildman–Crippen MR) is 186 cm³/mol. The van der Waals surface area contributed by atoms with Crippen molar-refractivity contribution in [3.05, 3.63) is 101 Å². The van der Waals surface area contributed by atoms with Gasteiger partial charge in [0.2, 0.25) is 0 Å². The highest BCUT2D eigenvalue weighted by Gasteiger charge is 2.35. The number of amides is 1. The Hall–Kier alpha value is -3.72. The lowest BCUT2D eigenvalue weighted by Crippen LogP contribution is -2.56. The summed E-state index contributed by atoms with van der Waals surface area (Å²) in [6.45, 7) is 13.7. The third kappa shape index (κ3) is 9.43. The Balaban J connectivity index is 1.24. The molecule has 0 spiro atoms. The number of phenolic OH excluding ortho intramolecular Hbond substituents is 1. The largest absolute Gasteiger partial charge is 0.508 e. The molecule has 0 aromatic heterocycles. The molecule has 8 nitrogen and oxygen atoms in total. The number of piperazine rings is 2. The first-order valence-corrected chi connectivity index (χ1v) is 17.4. The van der Waals surface area contributed by atoms with Gasteiger partial charge in [-0.1, -0.05) is 61.0 Å². The minimum atomic E-state index is -0.109. The molecule has 2 fully saturated rings. The number of aromatic hydroxyl groups is 1. The topological polar surface area (TPSA) is 76.6 Å². The van der Waals surface area contributed by atoms with Crippen LogP contribution >= 0.6 is 0 Å². The zero-order valence-electron chi connectivity index (χ0n) is 28.4. The van der Waals surface area contributed by atoms with Crippen LogP contribution in [0.1, 0.15) is 79.5 Å². The van der Waals surface area contributed by atoms with Crippen LogP contribution in [0.5, 0.6) is 5.75 Å². The summed E-state index contributed by atoms with van der Waals surface area (Å²) in [6, 6.07) is 26.9. The third-order valence-corrected chi connectivity index (χ3v) is 9.68. The smallest absolute Gasteiger partial charge is 0.305 e. The summed E-state index contributed by atoms with van der Waals surface area (Å²) in [7, 11) is 0. The summed E-state index contributed by atoms with van der Waals surface area (Å²) in [5.74, 6) is 0.215. The number of benzene rings is 3. The fourth-order valence-electron chi connectivity index (χ4n) is 7.11. The van der Waals surface area contributed by atoms with Crippen molar-refractivity contribution in [2.45, 2.75) is 71.1 Å². The third-order valence-electron chi connectivity index (χ3n) is 9.68. The fraction of sp³-hybridized carbons (Fsp3) is 0.487. The first-order valence-electron chi connectivity index (χ1n) is 17.4. The quantitative estimate of drug-likeness (QED) is 0.183. The van der Waals surface area contributed by atoms with Gasteiger partial charge in [0.1, 0.15) is 5.75 Å². The number of carbonyl (C=O) groups is 2. The molecular weight excluding hydrogens is 588 g/mol. The van der Waals surface area contributed by atoms with Crippen molar-refractivity contribution in [2.75, 3.05) is 52.4 Å². The SMILES string of the molecule is CCOC(=O)CCCCCN1CCN(C(=O)c2cccc(C(c3cccc(O)c3)N3C[C@@H](C)N(Cc4ccccc4)C[C@H]3C)c2)CC1. The van der Waals surface area contributed by atoms with Gasteiger partial charge in [-0.15, -0.1) is 0 Å². The lowest BCUT2D eigenvalue weighted by atomic mass is 9.92. The van der Waals surface area contributed by atoms with Crippen LogP contribution in [0, 0.1) is 0 Å². The van der Waals surface area contributed by atoms with Gasteiger partial charge in [-0.3, -0.25) is 24.3 Å². The summed E-state index contributed by atoms with van der Waals surface area (Å²) in [5.41, 5.74) is 4.13. The van der Waals surface area contributed by atoms with E-state index in [1.165, 1.54) is 5.56 Å². The van der Waals surface area contributed by atoms with Crippen molar-refractivity contribution in [3.63, 3.8) is 0 Å². The van der Waals surface area contributed by atoms with E-state index in [0.29, 0.717) is 37.7 Å². The van der Waals surface area contributed by atoms with E-state index < -0.39 is 0 Å². The first kappa shape index (κ1) is 34.6. The molecule has 0 aliphatic carbocycles. The van der Waals surface area contributed by atoms with E-state index in [1.807, 2.05) is 36.1 Å². The lowest BCUT2D eigenvalue weighted by molar-refractivity contribution is -0.143.